The summed E-state index contributed by atoms with van der Waals surface area (Å²) in [5, 5.41) is 18.2. The topological polar surface area (TPSA) is 139 Å². The number of aliphatic carboxylic acids is 1. The molecule has 0 aliphatic rings. The molecule has 0 fully saturated rings. The second-order valence-electron chi connectivity index (χ2n) is 4.22. The summed E-state index contributed by atoms with van der Waals surface area (Å²) in [6, 6.07) is -1.13. The van der Waals surface area contributed by atoms with Gasteiger partial charge in [-0.15, -0.1) is 0 Å². The lowest BCUT2D eigenvalue weighted by molar-refractivity contribution is -0.137. The van der Waals surface area contributed by atoms with Crippen molar-refractivity contribution >= 4 is 22.0 Å². The van der Waals surface area contributed by atoms with E-state index in [1.54, 1.807) is 13.8 Å². The zero-order valence-corrected chi connectivity index (χ0v) is 11.2. The van der Waals surface area contributed by atoms with Crippen LogP contribution in [0, 0.1) is 5.92 Å². The van der Waals surface area contributed by atoms with Gasteiger partial charge in [0.1, 0.15) is 0 Å². The van der Waals surface area contributed by atoms with Crippen molar-refractivity contribution in [2.24, 2.45) is 11.1 Å². The van der Waals surface area contributed by atoms with E-state index in [2.05, 4.69) is 10.6 Å². The second-order valence-corrected chi connectivity index (χ2v) is 5.95. The van der Waals surface area contributed by atoms with E-state index >= 15 is 0 Å². The van der Waals surface area contributed by atoms with Crippen LogP contribution in [0.15, 0.2) is 0 Å². The third kappa shape index (κ3) is 8.76. The van der Waals surface area contributed by atoms with Crippen LogP contribution in [0.5, 0.6) is 0 Å². The molecule has 0 saturated heterocycles. The molecule has 0 bridgehead atoms. The Hall–Kier alpha value is -1.35. The summed E-state index contributed by atoms with van der Waals surface area (Å²) in [5.74, 6) is -1.44. The number of nitrogens with two attached hydrogens (primary N) is 1. The van der Waals surface area contributed by atoms with Crippen LogP contribution >= 0.6 is 0 Å². The van der Waals surface area contributed by atoms with Gasteiger partial charge in [0, 0.05) is 12.6 Å². The zero-order valence-electron chi connectivity index (χ0n) is 10.3. The number of urea groups is 1. The Morgan fingerprint density at radius 1 is 1.33 bits per heavy atom. The van der Waals surface area contributed by atoms with Crippen molar-refractivity contribution in [3.63, 3.8) is 0 Å². The maximum absolute atomic E-state index is 11.4. The number of carbonyl (C=O) groups is 2. The largest absolute Gasteiger partial charge is 0.481 e. The molecule has 1 unspecified atom stereocenters. The molecule has 0 rings (SSSR count). The van der Waals surface area contributed by atoms with Crippen molar-refractivity contribution < 1.29 is 23.1 Å². The van der Waals surface area contributed by atoms with Gasteiger partial charge in [-0.05, 0) is 5.92 Å². The summed E-state index contributed by atoms with van der Waals surface area (Å²) < 4.78 is 21.2. The maximum Gasteiger partial charge on any atom is 0.315 e. The number of amides is 2. The number of carboxylic acid groups (broad SMARTS) is 1. The Morgan fingerprint density at radius 3 is 2.28 bits per heavy atom. The first kappa shape index (κ1) is 16.6. The SMILES string of the molecule is CC(C)C(CC(=O)O)NC(=O)NCCS(N)(=O)=O. The van der Waals surface area contributed by atoms with E-state index in [0.717, 1.165) is 0 Å². The summed E-state index contributed by atoms with van der Waals surface area (Å²) in [6.07, 6.45) is -0.194. The minimum Gasteiger partial charge on any atom is -0.481 e. The number of sulfonamides is 1. The second kappa shape index (κ2) is 7.17. The third-order valence-corrected chi connectivity index (χ3v) is 2.96. The third-order valence-electron chi connectivity index (χ3n) is 2.19. The van der Waals surface area contributed by atoms with E-state index in [0.29, 0.717) is 0 Å². The van der Waals surface area contributed by atoms with Gasteiger partial charge in [-0.2, -0.15) is 0 Å². The van der Waals surface area contributed by atoms with Crippen LogP contribution in [-0.4, -0.2) is 43.9 Å². The van der Waals surface area contributed by atoms with Crippen LogP contribution in [0.3, 0.4) is 0 Å². The summed E-state index contributed by atoms with van der Waals surface area (Å²) in [4.78, 5) is 21.9. The Morgan fingerprint density at radius 2 is 1.89 bits per heavy atom. The minimum atomic E-state index is -3.62. The average molecular weight is 281 g/mol. The highest BCUT2D eigenvalue weighted by Gasteiger charge is 2.19. The minimum absolute atomic E-state index is 0.0508. The van der Waals surface area contributed by atoms with E-state index in [4.69, 9.17) is 10.2 Å². The number of carboxylic acids is 1. The van der Waals surface area contributed by atoms with E-state index in [-0.39, 0.29) is 24.6 Å². The number of nitrogens with one attached hydrogen (secondary N) is 2. The maximum atomic E-state index is 11.4. The van der Waals surface area contributed by atoms with Crippen molar-refractivity contribution in [2.45, 2.75) is 26.3 Å². The smallest absolute Gasteiger partial charge is 0.315 e. The van der Waals surface area contributed by atoms with Crippen LogP contribution < -0.4 is 15.8 Å². The van der Waals surface area contributed by atoms with Crippen molar-refractivity contribution in [1.29, 1.82) is 0 Å². The van der Waals surface area contributed by atoms with E-state index in [1.807, 2.05) is 0 Å². The lowest BCUT2D eigenvalue weighted by atomic mass is 10.0. The van der Waals surface area contributed by atoms with Gasteiger partial charge in [0.25, 0.3) is 0 Å². The highest BCUT2D eigenvalue weighted by atomic mass is 32.2. The molecule has 18 heavy (non-hydrogen) atoms. The quantitative estimate of drug-likeness (QED) is 0.477. The molecule has 5 N–H and O–H groups in total. The van der Waals surface area contributed by atoms with Gasteiger partial charge in [-0.25, -0.2) is 18.4 Å². The molecule has 0 saturated carbocycles. The van der Waals surface area contributed by atoms with Crippen molar-refractivity contribution in [3.05, 3.63) is 0 Å². The molecule has 0 aromatic rings. The summed E-state index contributed by atoms with van der Waals surface area (Å²) in [6.45, 7) is 3.43. The van der Waals surface area contributed by atoms with Crippen LogP contribution in [-0.2, 0) is 14.8 Å². The fraction of sp³-hybridized carbons (Fsp3) is 0.778. The number of hydrogen-bond donors (Lipinski definition) is 4. The van der Waals surface area contributed by atoms with Crippen LogP contribution in [0.1, 0.15) is 20.3 Å². The Balaban J connectivity index is 4.14. The van der Waals surface area contributed by atoms with Gasteiger partial charge in [-0.3, -0.25) is 4.79 Å². The number of rotatable bonds is 7. The summed E-state index contributed by atoms with van der Waals surface area (Å²) in [7, 11) is -3.62. The average Bonchev–Trinajstić information content (AvgIpc) is 2.13. The molecule has 0 aliphatic carbocycles. The Kier molecular flexibility index (Phi) is 6.63. The molecule has 0 radical (unpaired) electrons. The fourth-order valence-electron chi connectivity index (χ4n) is 1.17. The Labute approximate surface area is 106 Å². The van der Waals surface area contributed by atoms with Crippen molar-refractivity contribution in [2.75, 3.05) is 12.3 Å². The first-order valence-electron chi connectivity index (χ1n) is 5.38. The van der Waals surface area contributed by atoms with E-state index < -0.39 is 28.1 Å². The van der Waals surface area contributed by atoms with Crippen LogP contribution in [0.2, 0.25) is 0 Å². The molecule has 106 valence electrons. The van der Waals surface area contributed by atoms with Crippen LogP contribution in [0.4, 0.5) is 4.79 Å². The highest BCUT2D eigenvalue weighted by Crippen LogP contribution is 2.05. The van der Waals surface area contributed by atoms with Gasteiger partial charge in [0.15, 0.2) is 0 Å². The lowest BCUT2D eigenvalue weighted by Crippen LogP contribution is -2.46. The van der Waals surface area contributed by atoms with E-state index in [9.17, 15) is 18.0 Å². The predicted octanol–water partition coefficient (Wildman–Crippen LogP) is -0.927. The molecule has 0 aromatic heterocycles. The monoisotopic (exact) mass is 281 g/mol. The predicted molar refractivity (Wildman–Crippen MR) is 65.4 cm³/mol. The van der Waals surface area contributed by atoms with Crippen LogP contribution in [0.25, 0.3) is 0 Å². The molecule has 8 nitrogen and oxygen atoms in total. The molecule has 0 aromatic carbocycles. The molecule has 9 heteroatoms. The molecular formula is C9H19N3O5S. The first-order valence-corrected chi connectivity index (χ1v) is 7.10. The highest BCUT2D eigenvalue weighted by molar-refractivity contribution is 7.89. The van der Waals surface area contributed by atoms with Crippen molar-refractivity contribution in [3.8, 4) is 0 Å². The molecule has 2 amide bonds. The van der Waals surface area contributed by atoms with Gasteiger partial charge in [0.2, 0.25) is 10.0 Å². The molecule has 0 aliphatic heterocycles. The Bertz CT molecular complexity index is 393. The van der Waals surface area contributed by atoms with Crippen molar-refractivity contribution in [1.82, 2.24) is 10.6 Å². The molecule has 0 spiro atoms. The fourth-order valence-corrected chi connectivity index (χ4v) is 1.55. The standard InChI is InChI=1S/C9H19N3O5S/c1-6(2)7(5-8(13)14)12-9(15)11-3-4-18(10,16)17/h6-7H,3-5H2,1-2H3,(H,13,14)(H2,10,16,17)(H2,11,12,15). The molecular weight excluding hydrogens is 262 g/mol. The summed E-state index contributed by atoms with van der Waals surface area (Å²) >= 11 is 0. The van der Waals surface area contributed by atoms with Gasteiger partial charge in [0.05, 0.1) is 12.2 Å². The van der Waals surface area contributed by atoms with Gasteiger partial charge in [-0.1, -0.05) is 13.8 Å². The molecule has 0 heterocycles. The number of carbonyl (C=O) groups excluding carboxylic acids is 1. The van der Waals surface area contributed by atoms with Gasteiger partial charge >= 0.3 is 12.0 Å². The number of hydrogen-bond acceptors (Lipinski definition) is 4. The molecule has 1 atom stereocenters. The number of primary sulfonamides is 1. The lowest BCUT2D eigenvalue weighted by Gasteiger charge is -2.20. The first-order chi connectivity index (χ1) is 8.11. The normalized spacial score (nSPS) is 13.1. The van der Waals surface area contributed by atoms with E-state index in [1.165, 1.54) is 0 Å². The van der Waals surface area contributed by atoms with Gasteiger partial charge < -0.3 is 15.7 Å². The zero-order chi connectivity index (χ0) is 14.3. The summed E-state index contributed by atoms with van der Waals surface area (Å²) in [5.41, 5.74) is 0.